The molecule has 7 heteroatoms. The van der Waals surface area contributed by atoms with Crippen molar-refractivity contribution in [2.45, 2.75) is 26.9 Å². The SMILES string of the molecule is CC(C)C(=O)NNC(=O)[C@@H](C)Oc1ccc(Cl)cc1Cl. The summed E-state index contributed by atoms with van der Waals surface area (Å²) in [7, 11) is 0. The van der Waals surface area contributed by atoms with Gasteiger partial charge in [-0.2, -0.15) is 0 Å². The Morgan fingerprint density at radius 2 is 1.70 bits per heavy atom. The molecule has 1 aromatic carbocycles. The van der Waals surface area contributed by atoms with Crippen molar-refractivity contribution in [1.82, 2.24) is 10.9 Å². The maximum absolute atomic E-state index is 11.7. The second-order valence-corrected chi connectivity index (χ2v) is 5.31. The van der Waals surface area contributed by atoms with Gasteiger partial charge < -0.3 is 4.74 Å². The minimum Gasteiger partial charge on any atom is -0.479 e. The molecule has 2 N–H and O–H groups in total. The van der Waals surface area contributed by atoms with Crippen LogP contribution in [-0.2, 0) is 9.59 Å². The van der Waals surface area contributed by atoms with Gasteiger partial charge in [-0.05, 0) is 25.1 Å². The highest BCUT2D eigenvalue weighted by atomic mass is 35.5. The Kier molecular flexibility index (Phi) is 6.10. The van der Waals surface area contributed by atoms with Gasteiger partial charge in [0.05, 0.1) is 5.02 Å². The highest BCUT2D eigenvalue weighted by molar-refractivity contribution is 6.35. The van der Waals surface area contributed by atoms with Crippen LogP contribution in [0.1, 0.15) is 20.8 Å². The fourth-order valence-corrected chi connectivity index (χ4v) is 1.64. The van der Waals surface area contributed by atoms with Crippen LogP contribution in [0.2, 0.25) is 10.0 Å². The Bertz CT molecular complexity index is 506. The number of benzene rings is 1. The topological polar surface area (TPSA) is 67.4 Å². The molecular formula is C13H16Cl2N2O3. The number of nitrogens with one attached hydrogen (secondary N) is 2. The third-order valence-corrected chi connectivity index (χ3v) is 2.93. The number of hydrazine groups is 1. The first kappa shape index (κ1) is 16.6. The van der Waals surface area contributed by atoms with E-state index in [1.807, 2.05) is 0 Å². The molecule has 1 atom stereocenters. The van der Waals surface area contributed by atoms with Crippen LogP contribution in [0.25, 0.3) is 0 Å². The van der Waals surface area contributed by atoms with Crippen LogP contribution in [0.3, 0.4) is 0 Å². The maximum atomic E-state index is 11.7. The molecule has 0 unspecified atom stereocenters. The average molecular weight is 319 g/mol. The van der Waals surface area contributed by atoms with Crippen LogP contribution in [0.5, 0.6) is 5.75 Å². The molecule has 0 radical (unpaired) electrons. The summed E-state index contributed by atoms with van der Waals surface area (Å²) in [6.07, 6.45) is -0.818. The van der Waals surface area contributed by atoms with Crippen molar-refractivity contribution in [2.75, 3.05) is 0 Å². The van der Waals surface area contributed by atoms with E-state index in [1.54, 1.807) is 32.9 Å². The molecule has 2 amide bonds. The fraction of sp³-hybridized carbons (Fsp3) is 0.385. The van der Waals surface area contributed by atoms with Crippen molar-refractivity contribution in [3.63, 3.8) is 0 Å². The molecule has 0 saturated heterocycles. The normalized spacial score (nSPS) is 11.9. The molecule has 5 nitrogen and oxygen atoms in total. The van der Waals surface area contributed by atoms with Gasteiger partial charge in [0.25, 0.3) is 5.91 Å². The molecule has 1 rings (SSSR count). The maximum Gasteiger partial charge on any atom is 0.279 e. The zero-order valence-electron chi connectivity index (χ0n) is 11.4. The number of halogens is 2. The van der Waals surface area contributed by atoms with Crippen molar-refractivity contribution in [3.8, 4) is 5.75 Å². The predicted molar refractivity (Wildman–Crippen MR) is 77.7 cm³/mol. The second-order valence-electron chi connectivity index (χ2n) is 4.47. The number of rotatable bonds is 4. The molecular weight excluding hydrogens is 303 g/mol. The molecule has 0 bridgehead atoms. The van der Waals surface area contributed by atoms with Crippen LogP contribution >= 0.6 is 23.2 Å². The minimum atomic E-state index is -0.818. The lowest BCUT2D eigenvalue weighted by atomic mass is 10.2. The number of carbonyl (C=O) groups is 2. The Labute approximate surface area is 127 Å². The Hall–Kier alpha value is -1.46. The molecule has 1 aromatic rings. The molecule has 0 aliphatic carbocycles. The molecule has 0 aromatic heterocycles. The molecule has 0 aliphatic rings. The summed E-state index contributed by atoms with van der Waals surface area (Å²) in [5, 5.41) is 0.784. The third-order valence-electron chi connectivity index (χ3n) is 2.40. The molecule has 110 valence electrons. The van der Waals surface area contributed by atoms with Crippen molar-refractivity contribution in [2.24, 2.45) is 5.92 Å². The van der Waals surface area contributed by atoms with E-state index < -0.39 is 12.0 Å². The van der Waals surface area contributed by atoms with Crippen molar-refractivity contribution in [3.05, 3.63) is 28.2 Å². The molecule has 0 fully saturated rings. The van der Waals surface area contributed by atoms with Gasteiger partial charge >= 0.3 is 0 Å². The van der Waals surface area contributed by atoms with Crippen molar-refractivity contribution < 1.29 is 14.3 Å². The first-order valence-corrected chi connectivity index (χ1v) is 6.78. The van der Waals surface area contributed by atoms with Gasteiger partial charge in [0.15, 0.2) is 6.10 Å². The summed E-state index contributed by atoms with van der Waals surface area (Å²) >= 11 is 11.7. The Morgan fingerprint density at radius 1 is 1.10 bits per heavy atom. The van der Waals surface area contributed by atoms with Gasteiger partial charge in [0, 0.05) is 10.9 Å². The summed E-state index contributed by atoms with van der Waals surface area (Å²) in [5.41, 5.74) is 4.58. The van der Waals surface area contributed by atoms with Crippen LogP contribution in [-0.4, -0.2) is 17.9 Å². The van der Waals surface area contributed by atoms with Crippen LogP contribution in [0.15, 0.2) is 18.2 Å². The van der Waals surface area contributed by atoms with E-state index >= 15 is 0 Å². The Morgan fingerprint density at radius 3 is 2.25 bits per heavy atom. The summed E-state index contributed by atoms with van der Waals surface area (Å²) < 4.78 is 5.40. The van der Waals surface area contributed by atoms with Crippen LogP contribution in [0.4, 0.5) is 0 Å². The number of hydrogen-bond acceptors (Lipinski definition) is 3. The first-order chi connectivity index (χ1) is 9.31. The molecule has 0 spiro atoms. The lowest BCUT2D eigenvalue weighted by Gasteiger charge is -2.16. The number of amides is 2. The average Bonchev–Trinajstić information content (AvgIpc) is 2.38. The van der Waals surface area contributed by atoms with E-state index in [0.29, 0.717) is 15.8 Å². The lowest BCUT2D eigenvalue weighted by molar-refractivity contribution is -0.133. The standard InChI is InChI=1S/C13H16Cl2N2O3/c1-7(2)12(18)16-17-13(19)8(3)20-11-5-4-9(14)6-10(11)15/h4-8H,1-3H3,(H,16,18)(H,17,19)/t8-/m1/s1. The molecule has 20 heavy (non-hydrogen) atoms. The summed E-state index contributed by atoms with van der Waals surface area (Å²) in [5.74, 6) is -0.647. The molecule has 0 aliphatic heterocycles. The predicted octanol–water partition coefficient (Wildman–Crippen LogP) is 2.56. The van der Waals surface area contributed by atoms with E-state index in [2.05, 4.69) is 10.9 Å². The first-order valence-electron chi connectivity index (χ1n) is 6.02. The second kappa shape index (κ2) is 7.36. The van der Waals surface area contributed by atoms with E-state index in [1.165, 1.54) is 6.07 Å². The molecule has 0 saturated carbocycles. The highest BCUT2D eigenvalue weighted by Crippen LogP contribution is 2.28. The number of ether oxygens (including phenoxy) is 1. The van der Waals surface area contributed by atoms with E-state index in [9.17, 15) is 9.59 Å². The molecule has 0 heterocycles. The van der Waals surface area contributed by atoms with E-state index in [0.717, 1.165) is 0 Å². The van der Waals surface area contributed by atoms with E-state index in [-0.39, 0.29) is 11.8 Å². The summed E-state index contributed by atoms with van der Waals surface area (Å²) in [6.45, 7) is 4.98. The third kappa shape index (κ3) is 4.90. The monoisotopic (exact) mass is 318 g/mol. The Balaban J connectivity index is 2.55. The van der Waals surface area contributed by atoms with Gasteiger partial charge in [-0.25, -0.2) is 0 Å². The van der Waals surface area contributed by atoms with Crippen molar-refractivity contribution in [1.29, 1.82) is 0 Å². The van der Waals surface area contributed by atoms with Crippen LogP contribution < -0.4 is 15.6 Å². The fourth-order valence-electron chi connectivity index (χ4n) is 1.18. The van der Waals surface area contributed by atoms with Gasteiger partial charge in [0.1, 0.15) is 5.75 Å². The largest absolute Gasteiger partial charge is 0.479 e. The smallest absolute Gasteiger partial charge is 0.279 e. The number of hydrogen-bond donors (Lipinski definition) is 2. The van der Waals surface area contributed by atoms with Gasteiger partial charge in [-0.3, -0.25) is 20.4 Å². The van der Waals surface area contributed by atoms with Gasteiger partial charge in [0.2, 0.25) is 5.91 Å². The summed E-state index contributed by atoms with van der Waals surface area (Å²) in [4.78, 5) is 23.1. The zero-order valence-corrected chi connectivity index (χ0v) is 12.9. The quantitative estimate of drug-likeness (QED) is 0.838. The highest BCUT2D eigenvalue weighted by Gasteiger charge is 2.17. The zero-order chi connectivity index (χ0) is 15.3. The van der Waals surface area contributed by atoms with Gasteiger partial charge in [-0.1, -0.05) is 37.0 Å². The minimum absolute atomic E-state index is 0.225. The van der Waals surface area contributed by atoms with E-state index in [4.69, 9.17) is 27.9 Å². The van der Waals surface area contributed by atoms with Crippen molar-refractivity contribution >= 4 is 35.0 Å². The van der Waals surface area contributed by atoms with Gasteiger partial charge in [-0.15, -0.1) is 0 Å². The lowest BCUT2D eigenvalue weighted by Crippen LogP contribution is -2.48. The summed E-state index contributed by atoms with van der Waals surface area (Å²) in [6, 6.07) is 4.69. The number of carbonyl (C=O) groups excluding carboxylic acids is 2. The van der Waals surface area contributed by atoms with Crippen LogP contribution in [0, 0.1) is 5.92 Å².